The van der Waals surface area contributed by atoms with Crippen LogP contribution >= 0.6 is 0 Å². The Balaban J connectivity index is 0.905. The smallest absolute Gasteiger partial charge is 0.410 e. The zero-order chi connectivity index (χ0) is 39.4. The third-order valence-electron chi connectivity index (χ3n) is 11.7. The van der Waals surface area contributed by atoms with Gasteiger partial charge in [0.15, 0.2) is 5.82 Å². The first-order valence-corrected chi connectivity index (χ1v) is 21.0. The van der Waals surface area contributed by atoms with Crippen molar-refractivity contribution in [1.29, 1.82) is 0 Å². The second-order valence-electron chi connectivity index (χ2n) is 17.7. The Labute approximate surface area is 324 Å². The third kappa shape index (κ3) is 8.12. The summed E-state index contributed by atoms with van der Waals surface area (Å²) in [4.78, 5) is 38.8. The first kappa shape index (κ1) is 39.6. The second-order valence-corrected chi connectivity index (χ2v) is 19.5. The van der Waals surface area contributed by atoms with Crippen LogP contribution in [-0.2, 0) is 14.9 Å². The molecule has 2 amide bonds. The largest absolute Gasteiger partial charge is 0.444 e. The Hall–Kier alpha value is -3.67. The van der Waals surface area contributed by atoms with Gasteiger partial charge in [-0.25, -0.2) is 14.2 Å². The number of ether oxygens (including phenoxy) is 2. The molecule has 15 nitrogen and oxygen atoms in total. The summed E-state index contributed by atoms with van der Waals surface area (Å²) in [5.74, 6) is 0.415. The van der Waals surface area contributed by atoms with Gasteiger partial charge in [0.1, 0.15) is 23.5 Å². The molecule has 0 aliphatic carbocycles. The molecule has 302 valence electrons. The van der Waals surface area contributed by atoms with Crippen LogP contribution in [0.25, 0.3) is 0 Å². The molecule has 3 atom stereocenters. The predicted octanol–water partition coefficient (Wildman–Crippen LogP) is 4.22. The molecule has 0 unspecified atom stereocenters. The number of likely N-dealkylation sites (tertiary alicyclic amines) is 2. The molecule has 0 N–H and O–H groups in total. The molecule has 5 aliphatic rings. The fourth-order valence-corrected chi connectivity index (χ4v) is 11.1. The molecule has 2 bridgehead atoms. The van der Waals surface area contributed by atoms with Gasteiger partial charge < -0.3 is 29.1 Å². The number of rotatable bonds is 10. The molecule has 6 heterocycles. The van der Waals surface area contributed by atoms with E-state index in [1.165, 1.54) is 24.5 Å². The summed E-state index contributed by atoms with van der Waals surface area (Å²) in [5, 5.41) is 8.19. The van der Waals surface area contributed by atoms with Crippen molar-refractivity contribution in [2.24, 2.45) is 11.3 Å². The van der Waals surface area contributed by atoms with Gasteiger partial charge in [0, 0.05) is 77.0 Å². The highest BCUT2D eigenvalue weighted by atomic mass is 32.2. The summed E-state index contributed by atoms with van der Waals surface area (Å²) in [7, 11) is -3.61. The van der Waals surface area contributed by atoms with E-state index in [2.05, 4.69) is 25.0 Å². The molecule has 0 saturated carbocycles. The average Bonchev–Trinajstić information content (AvgIpc) is 3.85. The van der Waals surface area contributed by atoms with Gasteiger partial charge in [0.2, 0.25) is 0 Å². The van der Waals surface area contributed by atoms with E-state index in [0.717, 1.165) is 52.0 Å². The summed E-state index contributed by atoms with van der Waals surface area (Å²) < 4.78 is 57.0. The summed E-state index contributed by atoms with van der Waals surface area (Å²) in [5.41, 5.74) is -0.350. The standard InChI is InChI=1S/C38H56FN9O6S/c1-25(2)48(26(3)4)35(49)31-16-28(39)8-9-32(31)53-34-33(40-24-41-42-34)44-13-10-27(19-44)18-43-22-38(23-43)11-14-45(15-12-38)55(51,52)47-21-29-17-30(47)20-46(29)36(50)54-37(5,6)7/h8-9,16,24-27,29-30H,10-15,17-23H2,1-7H3/t27-,29-,30-/m0/s1. The number of halogens is 1. The molecular weight excluding hydrogens is 730 g/mol. The van der Waals surface area contributed by atoms with Gasteiger partial charge in [-0.1, -0.05) is 0 Å². The van der Waals surface area contributed by atoms with Gasteiger partial charge in [-0.05, 0) is 104 Å². The number of benzene rings is 1. The predicted molar refractivity (Wildman–Crippen MR) is 204 cm³/mol. The quantitative estimate of drug-likeness (QED) is 0.342. The fourth-order valence-electron chi connectivity index (χ4n) is 9.29. The van der Waals surface area contributed by atoms with Gasteiger partial charge in [-0.15, -0.1) is 10.2 Å². The highest BCUT2D eigenvalue weighted by molar-refractivity contribution is 7.86. The number of aromatic nitrogens is 3. The van der Waals surface area contributed by atoms with E-state index >= 15 is 0 Å². The van der Waals surface area contributed by atoms with Gasteiger partial charge in [-0.3, -0.25) is 4.79 Å². The molecule has 1 spiro atoms. The number of amides is 2. The van der Waals surface area contributed by atoms with E-state index in [-0.39, 0.29) is 58.8 Å². The Kier molecular flexibility index (Phi) is 10.8. The lowest BCUT2D eigenvalue weighted by atomic mass is 9.72. The molecule has 7 rings (SSSR count). The van der Waals surface area contributed by atoms with Crippen LogP contribution in [0, 0.1) is 17.2 Å². The second kappa shape index (κ2) is 15.0. The van der Waals surface area contributed by atoms with E-state index < -0.39 is 21.6 Å². The number of hydrogen-bond acceptors (Lipinski definition) is 11. The number of fused-ring (bicyclic) bond motifs is 2. The number of anilines is 1. The molecule has 55 heavy (non-hydrogen) atoms. The first-order valence-electron chi connectivity index (χ1n) is 19.6. The van der Waals surface area contributed by atoms with Crippen LogP contribution in [0.15, 0.2) is 24.5 Å². The zero-order valence-corrected chi connectivity index (χ0v) is 34.0. The molecule has 5 fully saturated rings. The lowest BCUT2D eigenvalue weighted by Gasteiger charge is -2.54. The maximum atomic E-state index is 14.4. The van der Waals surface area contributed by atoms with E-state index in [1.807, 2.05) is 48.5 Å². The Bertz CT molecular complexity index is 1850. The molecule has 1 aromatic carbocycles. The van der Waals surface area contributed by atoms with Crippen LogP contribution in [0.5, 0.6) is 11.6 Å². The normalized spacial score (nSPS) is 24.6. The number of piperazine rings is 1. The van der Waals surface area contributed by atoms with E-state index in [0.29, 0.717) is 44.3 Å². The van der Waals surface area contributed by atoms with E-state index in [9.17, 15) is 22.4 Å². The van der Waals surface area contributed by atoms with Crippen molar-refractivity contribution in [3.05, 3.63) is 35.9 Å². The summed E-state index contributed by atoms with van der Waals surface area (Å²) in [6.07, 6.45) is 4.28. The van der Waals surface area contributed by atoms with Crippen LogP contribution in [0.4, 0.5) is 15.0 Å². The molecule has 5 saturated heterocycles. The Morgan fingerprint density at radius 2 is 1.73 bits per heavy atom. The monoisotopic (exact) mass is 785 g/mol. The lowest BCUT2D eigenvalue weighted by Crippen LogP contribution is -2.63. The number of carbonyl (C=O) groups excluding carboxylic acids is 2. The minimum Gasteiger partial charge on any atom is -0.444 e. The van der Waals surface area contributed by atoms with Crippen molar-refractivity contribution in [2.75, 3.05) is 63.8 Å². The van der Waals surface area contributed by atoms with Crippen molar-refractivity contribution < 1.29 is 31.9 Å². The van der Waals surface area contributed by atoms with Crippen molar-refractivity contribution in [3.63, 3.8) is 0 Å². The first-order chi connectivity index (χ1) is 25.9. The summed E-state index contributed by atoms with van der Waals surface area (Å²) in [6, 6.07) is 3.36. The SMILES string of the molecule is CC(C)N(C(=O)c1cc(F)ccc1Oc1nncnc1N1CC[C@@H](CN2CC3(CCN(S(=O)(=O)N4C[C@@H]5C[C@H]4CN5C(=O)OC(C)(C)C)CC3)C2)C1)C(C)C. The average molecular weight is 786 g/mol. The molecule has 2 aromatic rings. The summed E-state index contributed by atoms with van der Waals surface area (Å²) in [6.45, 7) is 19.2. The number of piperidine rings is 1. The number of nitrogens with zero attached hydrogens (tertiary/aromatic N) is 9. The molecule has 1 aromatic heterocycles. The fraction of sp³-hybridized carbons (Fsp3) is 0.711. The topological polar surface area (TPSA) is 145 Å². The highest BCUT2D eigenvalue weighted by Crippen LogP contribution is 2.43. The number of hydrogen-bond donors (Lipinski definition) is 0. The van der Waals surface area contributed by atoms with Crippen LogP contribution in [0.3, 0.4) is 0 Å². The molecule has 5 aliphatic heterocycles. The summed E-state index contributed by atoms with van der Waals surface area (Å²) >= 11 is 0. The third-order valence-corrected chi connectivity index (χ3v) is 13.8. The minimum absolute atomic E-state index is 0.0963. The Morgan fingerprint density at radius 1 is 1.02 bits per heavy atom. The highest BCUT2D eigenvalue weighted by Gasteiger charge is 2.54. The molecule has 0 radical (unpaired) electrons. The Morgan fingerprint density at radius 3 is 2.36 bits per heavy atom. The van der Waals surface area contributed by atoms with Gasteiger partial charge in [0.25, 0.3) is 22.0 Å². The number of carbonyl (C=O) groups is 2. The van der Waals surface area contributed by atoms with Crippen LogP contribution in [0.2, 0.25) is 0 Å². The van der Waals surface area contributed by atoms with E-state index in [4.69, 9.17) is 9.47 Å². The van der Waals surface area contributed by atoms with Crippen LogP contribution in [-0.4, -0.2) is 148 Å². The minimum atomic E-state index is -3.61. The lowest BCUT2D eigenvalue weighted by molar-refractivity contribution is -0.0415. The zero-order valence-electron chi connectivity index (χ0n) is 33.1. The molecular formula is C38H56FN9O6S. The van der Waals surface area contributed by atoms with Crippen LogP contribution < -0.4 is 9.64 Å². The van der Waals surface area contributed by atoms with Crippen molar-refractivity contribution in [3.8, 4) is 11.6 Å². The van der Waals surface area contributed by atoms with Gasteiger partial charge in [0.05, 0.1) is 11.6 Å². The van der Waals surface area contributed by atoms with Crippen molar-refractivity contribution in [2.45, 2.75) is 104 Å². The van der Waals surface area contributed by atoms with Crippen molar-refractivity contribution >= 4 is 28.0 Å². The van der Waals surface area contributed by atoms with Gasteiger partial charge >= 0.3 is 6.09 Å². The van der Waals surface area contributed by atoms with Crippen LogP contribution in [0.1, 0.15) is 84.5 Å². The maximum Gasteiger partial charge on any atom is 0.410 e. The maximum absolute atomic E-state index is 14.4. The van der Waals surface area contributed by atoms with Gasteiger partial charge in [-0.2, -0.15) is 17.0 Å². The van der Waals surface area contributed by atoms with Crippen molar-refractivity contribution in [1.82, 2.24) is 38.5 Å². The van der Waals surface area contributed by atoms with E-state index in [1.54, 1.807) is 18.4 Å². The molecule has 17 heteroatoms.